The van der Waals surface area contributed by atoms with Crippen LogP contribution in [-0.2, 0) is 21.4 Å². The molecule has 1 aromatic carbocycles. The first-order chi connectivity index (χ1) is 12.0. The van der Waals surface area contributed by atoms with Crippen molar-refractivity contribution in [3.05, 3.63) is 47.9 Å². The predicted octanol–water partition coefficient (Wildman–Crippen LogP) is 1.41. The number of hydrogen-bond acceptors (Lipinski definition) is 7. The number of ether oxygens (including phenoxy) is 2. The van der Waals surface area contributed by atoms with Crippen LogP contribution in [0.1, 0.15) is 17.2 Å². The minimum atomic E-state index is -3.61. The molecule has 0 aliphatic carbocycles. The molecule has 2 aliphatic rings. The molecule has 1 saturated heterocycles. The molecular formula is C16H18N2O6S. The fourth-order valence-electron chi connectivity index (χ4n) is 3.07. The number of fused-ring (bicyclic) bond motifs is 1. The highest BCUT2D eigenvalue weighted by atomic mass is 32.2. The zero-order chi connectivity index (χ0) is 17.4. The van der Waals surface area contributed by atoms with E-state index in [-0.39, 0.29) is 19.9 Å². The molecule has 1 N–H and O–H groups in total. The number of nitrogens with zero attached hydrogens (tertiary/aromatic N) is 1. The number of hydroxylamine groups is 2. The van der Waals surface area contributed by atoms with Crippen LogP contribution in [0.3, 0.4) is 0 Å². The average Bonchev–Trinajstić information content (AvgIpc) is 3.32. The summed E-state index contributed by atoms with van der Waals surface area (Å²) in [6, 6.07) is 6.67. The molecule has 0 saturated carbocycles. The van der Waals surface area contributed by atoms with Crippen molar-refractivity contribution in [3.63, 3.8) is 0 Å². The van der Waals surface area contributed by atoms with Crippen molar-refractivity contribution in [1.82, 2.24) is 9.79 Å². The molecule has 8 nitrogen and oxygen atoms in total. The van der Waals surface area contributed by atoms with Crippen molar-refractivity contribution in [2.75, 3.05) is 20.4 Å². The van der Waals surface area contributed by atoms with Crippen LogP contribution >= 0.6 is 0 Å². The molecule has 0 spiro atoms. The van der Waals surface area contributed by atoms with E-state index in [9.17, 15) is 8.42 Å². The Morgan fingerprint density at radius 2 is 2.08 bits per heavy atom. The van der Waals surface area contributed by atoms with E-state index in [2.05, 4.69) is 4.72 Å². The van der Waals surface area contributed by atoms with Gasteiger partial charge in [-0.25, -0.2) is 13.1 Å². The second kappa shape index (κ2) is 6.34. The standard InChI is InChI=1S/C16H18N2O6S/c1-18-16(12-4-5-21-8-12)15(9-24-18)25(19,20)17-7-11-2-3-13-14(6-11)23-10-22-13/h2-6,8,15-17H,7,9-10H2,1H3. The molecule has 2 atom stereocenters. The summed E-state index contributed by atoms with van der Waals surface area (Å²) in [6.45, 7) is 0.433. The second-order valence-corrected chi connectivity index (χ2v) is 7.92. The summed E-state index contributed by atoms with van der Waals surface area (Å²) in [7, 11) is -1.90. The third-order valence-electron chi connectivity index (χ3n) is 4.38. The Balaban J connectivity index is 1.49. The zero-order valence-electron chi connectivity index (χ0n) is 13.5. The van der Waals surface area contributed by atoms with Gasteiger partial charge < -0.3 is 13.9 Å². The van der Waals surface area contributed by atoms with Crippen molar-refractivity contribution in [2.24, 2.45) is 0 Å². The van der Waals surface area contributed by atoms with Gasteiger partial charge in [0.25, 0.3) is 0 Å². The Morgan fingerprint density at radius 1 is 1.24 bits per heavy atom. The maximum atomic E-state index is 12.8. The molecule has 2 aliphatic heterocycles. The minimum Gasteiger partial charge on any atom is -0.472 e. The van der Waals surface area contributed by atoms with E-state index >= 15 is 0 Å². The van der Waals surface area contributed by atoms with Gasteiger partial charge >= 0.3 is 0 Å². The highest BCUT2D eigenvalue weighted by Gasteiger charge is 2.43. The van der Waals surface area contributed by atoms with Gasteiger partial charge in [-0.15, -0.1) is 0 Å². The summed E-state index contributed by atoms with van der Waals surface area (Å²) in [5.74, 6) is 1.29. The average molecular weight is 366 g/mol. The molecule has 9 heteroatoms. The van der Waals surface area contributed by atoms with Gasteiger partial charge in [-0.3, -0.25) is 4.84 Å². The van der Waals surface area contributed by atoms with Crippen LogP contribution in [0.4, 0.5) is 0 Å². The first-order valence-electron chi connectivity index (χ1n) is 7.79. The van der Waals surface area contributed by atoms with Gasteiger partial charge in [0.15, 0.2) is 11.5 Å². The topological polar surface area (TPSA) is 90.2 Å². The van der Waals surface area contributed by atoms with Gasteiger partial charge in [-0.1, -0.05) is 6.07 Å². The highest BCUT2D eigenvalue weighted by molar-refractivity contribution is 7.90. The number of nitrogens with one attached hydrogen (secondary N) is 1. The molecule has 2 unspecified atom stereocenters. The Labute approximate surface area is 145 Å². The van der Waals surface area contributed by atoms with E-state index in [1.807, 2.05) is 0 Å². The van der Waals surface area contributed by atoms with Crippen LogP contribution in [0.2, 0.25) is 0 Å². The van der Waals surface area contributed by atoms with Crippen LogP contribution in [-0.4, -0.2) is 39.2 Å². The van der Waals surface area contributed by atoms with Gasteiger partial charge in [0.2, 0.25) is 16.8 Å². The molecule has 0 bridgehead atoms. The smallest absolute Gasteiger partial charge is 0.231 e. The van der Waals surface area contributed by atoms with Gasteiger partial charge in [0.1, 0.15) is 5.25 Å². The fraction of sp³-hybridized carbons (Fsp3) is 0.375. The Kier molecular flexibility index (Phi) is 4.16. The summed E-state index contributed by atoms with van der Waals surface area (Å²) in [4.78, 5) is 5.44. The van der Waals surface area contributed by atoms with Crippen molar-refractivity contribution in [1.29, 1.82) is 0 Å². The SMILES string of the molecule is CN1OCC(S(=O)(=O)NCc2ccc3c(c2)OCO3)C1c1ccoc1. The lowest BCUT2D eigenvalue weighted by atomic mass is 10.1. The van der Waals surface area contributed by atoms with Gasteiger partial charge in [0.05, 0.1) is 25.2 Å². The molecular weight excluding hydrogens is 348 g/mol. The van der Waals surface area contributed by atoms with Crippen LogP contribution < -0.4 is 14.2 Å². The van der Waals surface area contributed by atoms with Gasteiger partial charge in [-0.2, -0.15) is 5.06 Å². The number of rotatable bonds is 5. The number of hydrogen-bond donors (Lipinski definition) is 1. The number of benzene rings is 1. The van der Waals surface area contributed by atoms with E-state index in [4.69, 9.17) is 18.7 Å². The Morgan fingerprint density at radius 3 is 2.88 bits per heavy atom. The van der Waals surface area contributed by atoms with Crippen molar-refractivity contribution < 1.29 is 27.1 Å². The first kappa shape index (κ1) is 16.4. The molecule has 2 aromatic rings. The molecule has 4 rings (SSSR count). The number of furan rings is 1. The Hall–Kier alpha value is -2.07. The summed E-state index contributed by atoms with van der Waals surface area (Å²) in [5, 5.41) is 0.819. The second-order valence-electron chi connectivity index (χ2n) is 5.94. The largest absolute Gasteiger partial charge is 0.472 e. The van der Waals surface area contributed by atoms with E-state index in [0.29, 0.717) is 11.5 Å². The van der Waals surface area contributed by atoms with E-state index in [1.54, 1.807) is 36.4 Å². The van der Waals surface area contributed by atoms with Crippen molar-refractivity contribution >= 4 is 10.0 Å². The predicted molar refractivity (Wildman–Crippen MR) is 87.3 cm³/mol. The molecule has 134 valence electrons. The van der Waals surface area contributed by atoms with Crippen LogP contribution in [0.25, 0.3) is 0 Å². The lowest BCUT2D eigenvalue weighted by Gasteiger charge is -2.21. The molecule has 25 heavy (non-hydrogen) atoms. The lowest BCUT2D eigenvalue weighted by Crippen LogP contribution is -2.38. The normalized spacial score (nSPS) is 23.2. The maximum absolute atomic E-state index is 12.8. The third kappa shape index (κ3) is 3.11. The Bertz CT molecular complexity index is 852. The summed E-state index contributed by atoms with van der Waals surface area (Å²) in [5.41, 5.74) is 1.55. The molecule has 1 aromatic heterocycles. The summed E-state index contributed by atoms with van der Waals surface area (Å²) in [6.07, 6.45) is 3.06. The highest BCUT2D eigenvalue weighted by Crippen LogP contribution is 2.34. The van der Waals surface area contributed by atoms with Crippen LogP contribution in [0.15, 0.2) is 41.2 Å². The monoisotopic (exact) mass is 366 g/mol. The summed E-state index contributed by atoms with van der Waals surface area (Å²) >= 11 is 0. The van der Waals surface area contributed by atoms with Crippen molar-refractivity contribution in [2.45, 2.75) is 17.8 Å². The molecule has 0 amide bonds. The molecule has 0 radical (unpaired) electrons. The maximum Gasteiger partial charge on any atom is 0.231 e. The summed E-state index contributed by atoms with van der Waals surface area (Å²) < 4.78 is 43.9. The minimum absolute atomic E-state index is 0.0861. The lowest BCUT2D eigenvalue weighted by molar-refractivity contribution is -0.110. The van der Waals surface area contributed by atoms with E-state index in [1.165, 1.54) is 12.5 Å². The quantitative estimate of drug-likeness (QED) is 0.856. The third-order valence-corrected chi connectivity index (χ3v) is 6.12. The molecule has 3 heterocycles. The van der Waals surface area contributed by atoms with Gasteiger partial charge in [0, 0.05) is 19.2 Å². The van der Waals surface area contributed by atoms with Crippen LogP contribution in [0, 0.1) is 0 Å². The van der Waals surface area contributed by atoms with Crippen LogP contribution in [0.5, 0.6) is 11.5 Å². The van der Waals surface area contributed by atoms with E-state index < -0.39 is 21.3 Å². The zero-order valence-corrected chi connectivity index (χ0v) is 14.4. The van der Waals surface area contributed by atoms with E-state index in [0.717, 1.165) is 11.1 Å². The molecule has 1 fully saturated rings. The van der Waals surface area contributed by atoms with Gasteiger partial charge in [-0.05, 0) is 23.8 Å². The van der Waals surface area contributed by atoms with Crippen molar-refractivity contribution in [3.8, 4) is 11.5 Å². The number of sulfonamides is 1. The first-order valence-corrected chi connectivity index (χ1v) is 9.34. The fourth-order valence-corrected chi connectivity index (χ4v) is 4.56.